The number of aromatic nitrogens is 2. The van der Waals surface area contributed by atoms with Gasteiger partial charge in [0.1, 0.15) is 5.69 Å². The van der Waals surface area contributed by atoms with Crippen LogP contribution in [-0.4, -0.2) is 10.2 Å². The fourth-order valence-corrected chi connectivity index (χ4v) is 2.49. The minimum Gasteiger partial charge on any atom is -0.395 e. The summed E-state index contributed by atoms with van der Waals surface area (Å²) in [6.45, 7) is 1.91. The van der Waals surface area contributed by atoms with Gasteiger partial charge in [-0.15, -0.1) is 11.3 Å². The van der Waals surface area contributed by atoms with Crippen LogP contribution in [0.25, 0.3) is 10.6 Å². The molecular weight excluding hydrogens is 250 g/mol. The predicted octanol–water partition coefficient (Wildman–Crippen LogP) is 2.79. The SMILES string of the molecule is Cc1[nH]nc(-c2cc(Br)cs2)c1N. The van der Waals surface area contributed by atoms with Gasteiger partial charge >= 0.3 is 0 Å². The average molecular weight is 258 g/mol. The van der Waals surface area contributed by atoms with Crippen LogP contribution in [0.5, 0.6) is 0 Å². The van der Waals surface area contributed by atoms with E-state index in [2.05, 4.69) is 26.1 Å². The smallest absolute Gasteiger partial charge is 0.125 e. The number of halogens is 1. The molecule has 3 nitrogen and oxygen atoms in total. The fraction of sp³-hybridized carbons (Fsp3) is 0.125. The number of anilines is 1. The number of hydrogen-bond acceptors (Lipinski definition) is 3. The Balaban J connectivity index is 2.52. The van der Waals surface area contributed by atoms with Gasteiger partial charge in [0.05, 0.1) is 16.3 Å². The Labute approximate surface area is 88.1 Å². The molecule has 3 N–H and O–H groups in total. The quantitative estimate of drug-likeness (QED) is 0.826. The molecule has 0 aliphatic heterocycles. The lowest BCUT2D eigenvalue weighted by Gasteiger charge is -1.91. The molecule has 0 fully saturated rings. The van der Waals surface area contributed by atoms with Crippen molar-refractivity contribution in [3.8, 4) is 10.6 Å². The lowest BCUT2D eigenvalue weighted by atomic mass is 10.3. The van der Waals surface area contributed by atoms with E-state index in [0.717, 1.165) is 26.4 Å². The number of nitrogens with two attached hydrogens (primary N) is 1. The van der Waals surface area contributed by atoms with E-state index < -0.39 is 0 Å². The van der Waals surface area contributed by atoms with E-state index >= 15 is 0 Å². The maximum absolute atomic E-state index is 5.84. The molecule has 0 unspecified atom stereocenters. The van der Waals surface area contributed by atoms with E-state index in [1.54, 1.807) is 11.3 Å². The molecular formula is C8H8BrN3S. The molecule has 0 amide bonds. The highest BCUT2D eigenvalue weighted by Gasteiger charge is 2.10. The average Bonchev–Trinajstić information content (AvgIpc) is 2.62. The molecule has 0 saturated carbocycles. The summed E-state index contributed by atoms with van der Waals surface area (Å²) in [5, 5.41) is 9.01. The minimum absolute atomic E-state index is 0.731. The second-order valence-corrected chi connectivity index (χ2v) is 4.57. The minimum atomic E-state index is 0.731. The maximum Gasteiger partial charge on any atom is 0.125 e. The molecule has 0 aromatic carbocycles. The lowest BCUT2D eigenvalue weighted by molar-refractivity contribution is 1.05. The molecule has 0 saturated heterocycles. The number of nitrogens with zero attached hydrogens (tertiary/aromatic N) is 1. The van der Waals surface area contributed by atoms with E-state index in [1.807, 2.05) is 18.4 Å². The molecule has 13 heavy (non-hydrogen) atoms. The molecule has 2 heterocycles. The van der Waals surface area contributed by atoms with Gasteiger partial charge in [-0.2, -0.15) is 5.10 Å². The Hall–Kier alpha value is -0.810. The number of nitrogen functional groups attached to an aromatic ring is 1. The molecule has 2 aromatic rings. The topological polar surface area (TPSA) is 54.7 Å². The zero-order valence-corrected chi connectivity index (χ0v) is 9.37. The highest BCUT2D eigenvalue weighted by molar-refractivity contribution is 9.10. The Kier molecular flexibility index (Phi) is 2.13. The number of thiophene rings is 1. The molecule has 0 bridgehead atoms. The summed E-state index contributed by atoms with van der Waals surface area (Å²) >= 11 is 5.01. The standard InChI is InChI=1S/C8H8BrN3S/c1-4-7(10)8(12-11-4)6-2-5(9)3-13-6/h2-3H,10H2,1H3,(H,11,12). The first kappa shape index (κ1) is 8.77. The van der Waals surface area contributed by atoms with Gasteiger partial charge in [0.25, 0.3) is 0 Å². The molecule has 0 aliphatic rings. The second-order valence-electron chi connectivity index (χ2n) is 2.74. The third-order valence-electron chi connectivity index (χ3n) is 1.80. The highest BCUT2D eigenvalue weighted by Crippen LogP contribution is 2.32. The summed E-state index contributed by atoms with van der Waals surface area (Å²) in [7, 11) is 0. The third-order valence-corrected chi connectivity index (χ3v) is 3.49. The van der Waals surface area contributed by atoms with E-state index in [4.69, 9.17) is 5.73 Å². The Morgan fingerprint density at radius 1 is 1.62 bits per heavy atom. The van der Waals surface area contributed by atoms with Crippen LogP contribution in [0.3, 0.4) is 0 Å². The van der Waals surface area contributed by atoms with Crippen LogP contribution in [0.2, 0.25) is 0 Å². The van der Waals surface area contributed by atoms with E-state index in [9.17, 15) is 0 Å². The molecule has 68 valence electrons. The van der Waals surface area contributed by atoms with E-state index in [-0.39, 0.29) is 0 Å². The van der Waals surface area contributed by atoms with Crippen molar-refractivity contribution < 1.29 is 0 Å². The van der Waals surface area contributed by atoms with Crippen LogP contribution < -0.4 is 5.73 Å². The van der Waals surface area contributed by atoms with E-state index in [1.165, 1.54) is 0 Å². The highest BCUT2D eigenvalue weighted by atomic mass is 79.9. The first-order valence-electron chi connectivity index (χ1n) is 3.73. The first-order chi connectivity index (χ1) is 6.18. The Morgan fingerprint density at radius 3 is 2.85 bits per heavy atom. The van der Waals surface area contributed by atoms with Gasteiger partial charge in [-0.3, -0.25) is 5.10 Å². The van der Waals surface area contributed by atoms with Crippen molar-refractivity contribution in [1.82, 2.24) is 10.2 Å². The number of hydrogen-bond donors (Lipinski definition) is 2. The van der Waals surface area contributed by atoms with Crippen LogP contribution in [0, 0.1) is 6.92 Å². The number of H-pyrrole nitrogens is 1. The summed E-state index contributed by atoms with van der Waals surface area (Å²) in [6.07, 6.45) is 0. The van der Waals surface area contributed by atoms with Gasteiger partial charge in [0.2, 0.25) is 0 Å². The summed E-state index contributed by atoms with van der Waals surface area (Å²) in [6, 6.07) is 2.01. The van der Waals surface area contributed by atoms with Crippen molar-refractivity contribution in [2.75, 3.05) is 5.73 Å². The molecule has 0 atom stereocenters. The first-order valence-corrected chi connectivity index (χ1v) is 5.40. The molecule has 0 spiro atoms. The normalized spacial score (nSPS) is 10.6. The van der Waals surface area contributed by atoms with Crippen molar-refractivity contribution in [1.29, 1.82) is 0 Å². The van der Waals surface area contributed by atoms with Crippen molar-refractivity contribution in [3.05, 3.63) is 21.6 Å². The molecule has 2 rings (SSSR count). The number of aromatic amines is 1. The lowest BCUT2D eigenvalue weighted by Crippen LogP contribution is -1.86. The fourth-order valence-electron chi connectivity index (χ4n) is 1.06. The predicted molar refractivity (Wildman–Crippen MR) is 58.8 cm³/mol. The monoisotopic (exact) mass is 257 g/mol. The van der Waals surface area contributed by atoms with Crippen LogP contribution in [0.15, 0.2) is 15.9 Å². The van der Waals surface area contributed by atoms with Crippen molar-refractivity contribution in [2.24, 2.45) is 0 Å². The van der Waals surface area contributed by atoms with Gasteiger partial charge in [-0.05, 0) is 28.9 Å². The molecule has 0 radical (unpaired) electrons. The maximum atomic E-state index is 5.84. The van der Waals surface area contributed by atoms with Crippen molar-refractivity contribution >= 4 is 33.0 Å². The molecule has 0 aliphatic carbocycles. The summed E-state index contributed by atoms with van der Waals surface area (Å²) < 4.78 is 1.06. The zero-order chi connectivity index (χ0) is 9.42. The van der Waals surface area contributed by atoms with Crippen LogP contribution in [0.1, 0.15) is 5.69 Å². The Bertz CT molecular complexity index is 432. The van der Waals surface area contributed by atoms with Gasteiger partial charge in [-0.25, -0.2) is 0 Å². The van der Waals surface area contributed by atoms with Crippen molar-refractivity contribution in [2.45, 2.75) is 6.92 Å². The van der Waals surface area contributed by atoms with Gasteiger partial charge in [0, 0.05) is 9.85 Å². The van der Waals surface area contributed by atoms with Gasteiger partial charge in [0.15, 0.2) is 0 Å². The molecule has 5 heteroatoms. The summed E-state index contributed by atoms with van der Waals surface area (Å²) in [5.74, 6) is 0. The number of nitrogens with one attached hydrogen (secondary N) is 1. The zero-order valence-electron chi connectivity index (χ0n) is 6.97. The third kappa shape index (κ3) is 1.49. The van der Waals surface area contributed by atoms with Crippen molar-refractivity contribution in [3.63, 3.8) is 0 Å². The van der Waals surface area contributed by atoms with Gasteiger partial charge < -0.3 is 5.73 Å². The number of aryl methyl sites for hydroxylation is 1. The Morgan fingerprint density at radius 2 is 2.38 bits per heavy atom. The van der Waals surface area contributed by atoms with E-state index in [0.29, 0.717) is 0 Å². The summed E-state index contributed by atoms with van der Waals surface area (Å²) in [4.78, 5) is 1.08. The largest absolute Gasteiger partial charge is 0.395 e. The van der Waals surface area contributed by atoms with Gasteiger partial charge in [-0.1, -0.05) is 0 Å². The second kappa shape index (κ2) is 3.16. The van der Waals surface area contributed by atoms with Crippen LogP contribution in [0.4, 0.5) is 5.69 Å². The van der Waals surface area contributed by atoms with Crippen LogP contribution >= 0.6 is 27.3 Å². The molecule has 2 aromatic heterocycles. The van der Waals surface area contributed by atoms with Crippen LogP contribution in [-0.2, 0) is 0 Å². The summed E-state index contributed by atoms with van der Waals surface area (Å²) in [5.41, 5.74) is 8.33. The number of rotatable bonds is 1.